The first-order valence-corrected chi connectivity index (χ1v) is 11.7. The molecule has 2 amide bonds. The molecule has 1 atom stereocenters. The third-order valence-electron chi connectivity index (χ3n) is 5.63. The molecule has 1 aliphatic rings. The molecular formula is C24H23N5O3S. The Morgan fingerprint density at radius 1 is 1.12 bits per heavy atom. The second-order valence-corrected chi connectivity index (χ2v) is 9.09. The number of amides is 2. The summed E-state index contributed by atoms with van der Waals surface area (Å²) < 4.78 is 7.47. The SMILES string of the molecule is Cc1nc(C(=O)N2CCSC2CNC(=O)c2nn(C)c3ccccc23)c(-c2ccccc2)o1. The Balaban J connectivity index is 1.33. The minimum Gasteiger partial charge on any atom is -0.440 e. The standard InChI is InChI=1S/C24H23N5O3S/c1-15-26-21(22(32-15)16-8-4-3-5-9-16)24(31)29-12-13-33-19(29)14-25-23(30)20-17-10-6-7-11-18(17)28(2)27-20/h3-11,19H,12-14H2,1-2H3,(H,25,30). The molecule has 1 fully saturated rings. The van der Waals surface area contributed by atoms with Crippen molar-refractivity contribution in [1.82, 2.24) is 25.0 Å². The molecule has 0 aliphatic carbocycles. The van der Waals surface area contributed by atoms with Gasteiger partial charge in [0.1, 0.15) is 0 Å². The topological polar surface area (TPSA) is 93.3 Å². The highest BCUT2D eigenvalue weighted by atomic mass is 32.2. The zero-order valence-corrected chi connectivity index (χ0v) is 19.1. The first-order chi connectivity index (χ1) is 16.0. The minimum atomic E-state index is -0.256. The van der Waals surface area contributed by atoms with Gasteiger partial charge in [0, 0.05) is 43.8 Å². The van der Waals surface area contributed by atoms with E-state index in [0.29, 0.717) is 36.1 Å². The highest BCUT2D eigenvalue weighted by Gasteiger charge is 2.34. The summed E-state index contributed by atoms with van der Waals surface area (Å²) in [6.07, 6.45) is 0. The summed E-state index contributed by atoms with van der Waals surface area (Å²) in [5, 5.41) is 7.94. The molecule has 4 aromatic rings. The van der Waals surface area contributed by atoms with Crippen LogP contribution in [0, 0.1) is 6.92 Å². The maximum absolute atomic E-state index is 13.4. The maximum atomic E-state index is 13.4. The Morgan fingerprint density at radius 2 is 1.88 bits per heavy atom. The van der Waals surface area contributed by atoms with Crippen LogP contribution in [0.5, 0.6) is 0 Å². The highest BCUT2D eigenvalue weighted by Crippen LogP contribution is 2.30. The van der Waals surface area contributed by atoms with E-state index in [-0.39, 0.29) is 17.2 Å². The second kappa shape index (κ2) is 8.74. The Labute approximate surface area is 195 Å². The number of fused-ring (bicyclic) bond motifs is 1. The molecule has 2 aromatic carbocycles. The molecule has 33 heavy (non-hydrogen) atoms. The maximum Gasteiger partial charge on any atom is 0.277 e. The van der Waals surface area contributed by atoms with Gasteiger partial charge in [-0.1, -0.05) is 48.5 Å². The van der Waals surface area contributed by atoms with Gasteiger partial charge >= 0.3 is 0 Å². The molecule has 2 aromatic heterocycles. The molecule has 0 bridgehead atoms. The summed E-state index contributed by atoms with van der Waals surface area (Å²) >= 11 is 1.63. The van der Waals surface area contributed by atoms with Crippen LogP contribution < -0.4 is 5.32 Å². The molecule has 1 saturated heterocycles. The smallest absolute Gasteiger partial charge is 0.277 e. The van der Waals surface area contributed by atoms with Crippen LogP contribution in [0.3, 0.4) is 0 Å². The van der Waals surface area contributed by atoms with Crippen LogP contribution in [-0.2, 0) is 7.05 Å². The summed E-state index contributed by atoms with van der Waals surface area (Å²) in [5.41, 5.74) is 2.38. The fourth-order valence-corrected chi connectivity index (χ4v) is 5.22. The van der Waals surface area contributed by atoms with Crippen LogP contribution in [-0.4, -0.2) is 55.7 Å². The Hall–Kier alpha value is -3.59. The van der Waals surface area contributed by atoms with Crippen LogP contribution in [0.15, 0.2) is 59.0 Å². The predicted molar refractivity (Wildman–Crippen MR) is 127 cm³/mol. The fourth-order valence-electron chi connectivity index (χ4n) is 4.06. The normalized spacial score (nSPS) is 15.8. The lowest BCUT2D eigenvalue weighted by atomic mass is 10.1. The zero-order chi connectivity index (χ0) is 22.9. The number of benzene rings is 2. The van der Waals surface area contributed by atoms with E-state index in [1.54, 1.807) is 28.3 Å². The number of nitrogens with zero attached hydrogens (tertiary/aromatic N) is 4. The second-order valence-electron chi connectivity index (χ2n) is 7.80. The van der Waals surface area contributed by atoms with Gasteiger partial charge in [-0.3, -0.25) is 14.3 Å². The molecule has 1 N–H and O–H groups in total. The van der Waals surface area contributed by atoms with Crippen molar-refractivity contribution in [2.75, 3.05) is 18.8 Å². The lowest BCUT2D eigenvalue weighted by Gasteiger charge is -2.23. The molecule has 5 rings (SSSR count). The first-order valence-electron chi connectivity index (χ1n) is 10.7. The Morgan fingerprint density at radius 3 is 2.70 bits per heavy atom. The molecular weight excluding hydrogens is 438 g/mol. The number of aromatic nitrogens is 3. The van der Waals surface area contributed by atoms with E-state index in [1.807, 2.05) is 61.6 Å². The Kier molecular flexibility index (Phi) is 5.63. The predicted octanol–water partition coefficient (Wildman–Crippen LogP) is 3.48. The van der Waals surface area contributed by atoms with Gasteiger partial charge in [0.05, 0.1) is 10.9 Å². The number of oxazole rings is 1. The summed E-state index contributed by atoms with van der Waals surface area (Å²) in [4.78, 5) is 32.4. The van der Waals surface area contributed by atoms with Gasteiger partial charge < -0.3 is 14.6 Å². The number of hydrogen-bond acceptors (Lipinski definition) is 6. The molecule has 168 valence electrons. The van der Waals surface area contributed by atoms with E-state index in [0.717, 1.165) is 22.2 Å². The van der Waals surface area contributed by atoms with Gasteiger partial charge in [0.15, 0.2) is 23.0 Å². The van der Waals surface area contributed by atoms with Crippen molar-refractivity contribution < 1.29 is 14.0 Å². The molecule has 0 radical (unpaired) electrons. The van der Waals surface area contributed by atoms with Crippen molar-refractivity contribution in [2.45, 2.75) is 12.3 Å². The number of hydrogen-bond donors (Lipinski definition) is 1. The lowest BCUT2D eigenvalue weighted by molar-refractivity contribution is 0.0746. The van der Waals surface area contributed by atoms with Gasteiger partial charge in [-0.05, 0) is 6.07 Å². The van der Waals surface area contributed by atoms with Crippen molar-refractivity contribution >= 4 is 34.5 Å². The molecule has 1 aliphatic heterocycles. The molecule has 1 unspecified atom stereocenters. The van der Waals surface area contributed by atoms with E-state index >= 15 is 0 Å². The van der Waals surface area contributed by atoms with Crippen LogP contribution in [0.4, 0.5) is 0 Å². The van der Waals surface area contributed by atoms with Crippen molar-refractivity contribution in [2.24, 2.45) is 7.05 Å². The number of aryl methyl sites for hydroxylation is 2. The quantitative estimate of drug-likeness (QED) is 0.489. The fraction of sp³-hybridized carbons (Fsp3) is 0.250. The van der Waals surface area contributed by atoms with E-state index < -0.39 is 0 Å². The highest BCUT2D eigenvalue weighted by molar-refractivity contribution is 8.00. The minimum absolute atomic E-state index is 0.196. The van der Waals surface area contributed by atoms with Gasteiger partial charge in [0.2, 0.25) is 0 Å². The molecule has 3 heterocycles. The van der Waals surface area contributed by atoms with Crippen LogP contribution in [0.2, 0.25) is 0 Å². The number of para-hydroxylation sites is 1. The van der Waals surface area contributed by atoms with Crippen LogP contribution >= 0.6 is 11.8 Å². The summed E-state index contributed by atoms with van der Waals surface area (Å²) in [6.45, 7) is 2.63. The van der Waals surface area contributed by atoms with E-state index in [2.05, 4.69) is 15.4 Å². The number of carbonyl (C=O) groups excluding carboxylic acids is 2. The van der Waals surface area contributed by atoms with Crippen molar-refractivity contribution in [3.8, 4) is 11.3 Å². The number of thioether (sulfide) groups is 1. The monoisotopic (exact) mass is 461 g/mol. The van der Waals surface area contributed by atoms with Gasteiger partial charge in [0.25, 0.3) is 11.8 Å². The van der Waals surface area contributed by atoms with Gasteiger partial charge in [-0.25, -0.2) is 4.98 Å². The lowest BCUT2D eigenvalue weighted by Crippen LogP contribution is -2.42. The van der Waals surface area contributed by atoms with Crippen LogP contribution in [0.1, 0.15) is 26.9 Å². The average molecular weight is 462 g/mol. The van der Waals surface area contributed by atoms with Crippen molar-refractivity contribution in [3.63, 3.8) is 0 Å². The summed E-state index contributed by atoms with van der Waals surface area (Å²) in [6, 6.07) is 17.1. The molecule has 9 heteroatoms. The molecule has 0 saturated carbocycles. The largest absolute Gasteiger partial charge is 0.440 e. The average Bonchev–Trinajstić information content (AvgIpc) is 3.55. The molecule has 8 nitrogen and oxygen atoms in total. The number of nitrogens with one attached hydrogen (secondary N) is 1. The summed E-state index contributed by atoms with van der Waals surface area (Å²) in [7, 11) is 1.82. The van der Waals surface area contributed by atoms with E-state index in [1.165, 1.54) is 0 Å². The van der Waals surface area contributed by atoms with Gasteiger partial charge in [-0.15, -0.1) is 11.8 Å². The third-order valence-corrected chi connectivity index (χ3v) is 6.86. The van der Waals surface area contributed by atoms with Crippen molar-refractivity contribution in [3.05, 3.63) is 71.9 Å². The summed E-state index contributed by atoms with van der Waals surface area (Å²) in [5.74, 6) is 1.25. The number of carbonyl (C=O) groups is 2. The van der Waals surface area contributed by atoms with Crippen molar-refractivity contribution in [1.29, 1.82) is 0 Å². The molecule has 0 spiro atoms. The Bertz CT molecular complexity index is 1330. The van der Waals surface area contributed by atoms with E-state index in [4.69, 9.17) is 4.42 Å². The zero-order valence-electron chi connectivity index (χ0n) is 18.3. The first kappa shape index (κ1) is 21.3. The van der Waals surface area contributed by atoms with Crippen LogP contribution in [0.25, 0.3) is 22.2 Å². The third kappa shape index (κ3) is 4.00. The van der Waals surface area contributed by atoms with E-state index in [9.17, 15) is 9.59 Å². The number of rotatable bonds is 5. The van der Waals surface area contributed by atoms with Gasteiger partial charge in [-0.2, -0.15) is 5.10 Å².